The second kappa shape index (κ2) is 5.14. The van der Waals surface area contributed by atoms with Crippen molar-refractivity contribution >= 4 is 17.3 Å². The highest BCUT2D eigenvalue weighted by molar-refractivity contribution is 6.30. The Morgan fingerprint density at radius 1 is 1.20 bits per heavy atom. The number of hydrogen-bond donors (Lipinski definition) is 1. The molecule has 2 saturated carbocycles. The highest BCUT2D eigenvalue weighted by Crippen LogP contribution is 2.48. The summed E-state index contributed by atoms with van der Waals surface area (Å²) in [5, 5.41) is 3.11. The van der Waals surface area contributed by atoms with Crippen LogP contribution >= 0.6 is 11.6 Å². The van der Waals surface area contributed by atoms with Gasteiger partial charge in [-0.1, -0.05) is 18.0 Å². The maximum absolute atomic E-state index is 13.0. The molecule has 3 unspecified atom stereocenters. The van der Waals surface area contributed by atoms with Crippen molar-refractivity contribution in [3.05, 3.63) is 28.8 Å². The first-order valence-electron chi connectivity index (χ1n) is 7.04. The summed E-state index contributed by atoms with van der Waals surface area (Å²) in [6.07, 6.45) is 0.591. The molecule has 5 heteroatoms. The van der Waals surface area contributed by atoms with E-state index in [1.165, 1.54) is 31.4 Å². The van der Waals surface area contributed by atoms with Crippen molar-refractivity contribution in [2.45, 2.75) is 31.9 Å². The van der Waals surface area contributed by atoms with Crippen LogP contribution in [0.25, 0.3) is 0 Å². The molecule has 20 heavy (non-hydrogen) atoms. The first kappa shape index (κ1) is 14.1. The Bertz CT molecular complexity index is 500. The maximum Gasteiger partial charge on any atom is 0.418 e. The third-order valence-corrected chi connectivity index (χ3v) is 4.96. The molecule has 1 N–H and O–H groups in total. The fourth-order valence-electron chi connectivity index (χ4n) is 3.77. The molecule has 0 saturated heterocycles. The van der Waals surface area contributed by atoms with Crippen LogP contribution in [0.5, 0.6) is 0 Å². The van der Waals surface area contributed by atoms with Crippen LogP contribution < -0.4 is 5.32 Å². The summed E-state index contributed by atoms with van der Waals surface area (Å²) in [7, 11) is 0. The van der Waals surface area contributed by atoms with Crippen LogP contribution in [0.15, 0.2) is 18.2 Å². The first-order valence-corrected chi connectivity index (χ1v) is 7.42. The van der Waals surface area contributed by atoms with Gasteiger partial charge in [-0.2, -0.15) is 13.2 Å². The average Bonchev–Trinajstić information content (AvgIpc) is 2.98. The molecular formula is C15H17ClF3N. The van der Waals surface area contributed by atoms with E-state index >= 15 is 0 Å². The molecular weight excluding hydrogens is 287 g/mol. The van der Waals surface area contributed by atoms with E-state index in [9.17, 15) is 13.2 Å². The van der Waals surface area contributed by atoms with Crippen molar-refractivity contribution in [1.82, 2.24) is 0 Å². The van der Waals surface area contributed by atoms with Gasteiger partial charge in [-0.15, -0.1) is 0 Å². The van der Waals surface area contributed by atoms with Gasteiger partial charge < -0.3 is 5.32 Å². The van der Waals surface area contributed by atoms with E-state index < -0.39 is 11.7 Å². The summed E-state index contributed by atoms with van der Waals surface area (Å²) in [6, 6.07) is 3.92. The molecule has 2 fully saturated rings. The van der Waals surface area contributed by atoms with Gasteiger partial charge in [-0.3, -0.25) is 0 Å². The normalized spacial score (nSPS) is 28.9. The van der Waals surface area contributed by atoms with Crippen molar-refractivity contribution in [2.75, 3.05) is 11.9 Å². The van der Waals surface area contributed by atoms with E-state index in [0.29, 0.717) is 18.4 Å². The van der Waals surface area contributed by atoms with Gasteiger partial charge >= 0.3 is 6.18 Å². The van der Waals surface area contributed by atoms with Crippen molar-refractivity contribution in [1.29, 1.82) is 0 Å². The monoisotopic (exact) mass is 303 g/mol. The van der Waals surface area contributed by atoms with Gasteiger partial charge in [0.05, 0.1) is 5.56 Å². The van der Waals surface area contributed by atoms with Crippen LogP contribution in [0.4, 0.5) is 18.9 Å². The van der Waals surface area contributed by atoms with Crippen molar-refractivity contribution in [3.63, 3.8) is 0 Å². The quantitative estimate of drug-likeness (QED) is 0.808. The van der Waals surface area contributed by atoms with Gasteiger partial charge in [0, 0.05) is 17.3 Å². The van der Waals surface area contributed by atoms with Crippen molar-refractivity contribution < 1.29 is 13.2 Å². The lowest BCUT2D eigenvalue weighted by Crippen LogP contribution is -2.21. The molecule has 1 nitrogen and oxygen atoms in total. The van der Waals surface area contributed by atoms with Crippen molar-refractivity contribution in [2.24, 2.45) is 17.8 Å². The molecule has 0 aliphatic heterocycles. The second-order valence-electron chi connectivity index (χ2n) is 6.00. The number of benzene rings is 1. The molecule has 2 aliphatic rings. The van der Waals surface area contributed by atoms with E-state index in [-0.39, 0.29) is 10.7 Å². The maximum atomic E-state index is 13.0. The standard InChI is InChI=1S/C15H17ClF3N/c16-12-3-4-14(13(7-12)15(17,18)19)20-8-11-6-9-1-2-10(11)5-9/h3-4,7,9-11,20H,1-2,5-6,8H2. The summed E-state index contributed by atoms with van der Waals surface area (Å²) >= 11 is 5.67. The van der Waals surface area contributed by atoms with Gasteiger partial charge in [-0.05, 0) is 55.2 Å². The fraction of sp³-hybridized carbons (Fsp3) is 0.600. The number of nitrogens with one attached hydrogen (secondary N) is 1. The summed E-state index contributed by atoms with van der Waals surface area (Å²) in [4.78, 5) is 0. The summed E-state index contributed by atoms with van der Waals surface area (Å²) in [5.74, 6) is 2.03. The van der Waals surface area contributed by atoms with Crippen LogP contribution in [-0.4, -0.2) is 6.54 Å². The fourth-order valence-corrected chi connectivity index (χ4v) is 3.94. The number of halogens is 4. The minimum atomic E-state index is -4.37. The molecule has 1 aromatic carbocycles. The Morgan fingerprint density at radius 3 is 2.60 bits per heavy atom. The molecule has 0 amide bonds. The lowest BCUT2D eigenvalue weighted by Gasteiger charge is -2.23. The molecule has 2 aliphatic carbocycles. The van der Waals surface area contributed by atoms with Crippen molar-refractivity contribution in [3.8, 4) is 0 Å². The Balaban J connectivity index is 1.71. The van der Waals surface area contributed by atoms with Crippen LogP contribution in [-0.2, 0) is 6.18 Å². The van der Waals surface area contributed by atoms with Gasteiger partial charge in [0.15, 0.2) is 0 Å². The van der Waals surface area contributed by atoms with Crippen LogP contribution in [0.2, 0.25) is 5.02 Å². The molecule has 0 radical (unpaired) electrons. The minimum absolute atomic E-state index is 0.114. The Kier molecular flexibility index (Phi) is 3.61. The molecule has 3 rings (SSSR count). The lowest BCUT2D eigenvalue weighted by molar-refractivity contribution is -0.136. The van der Waals surface area contributed by atoms with E-state index in [2.05, 4.69) is 5.32 Å². The molecule has 0 heterocycles. The third kappa shape index (κ3) is 2.76. The zero-order valence-electron chi connectivity index (χ0n) is 11.0. The lowest BCUT2D eigenvalue weighted by atomic mass is 9.89. The zero-order valence-corrected chi connectivity index (χ0v) is 11.8. The smallest absolute Gasteiger partial charge is 0.384 e. The van der Waals surface area contributed by atoms with Crippen LogP contribution in [0.3, 0.4) is 0 Å². The first-order chi connectivity index (χ1) is 9.43. The number of anilines is 1. The molecule has 110 valence electrons. The Hall–Kier alpha value is -0.900. The topological polar surface area (TPSA) is 12.0 Å². The van der Waals surface area contributed by atoms with E-state index in [1.54, 1.807) is 0 Å². The molecule has 2 bridgehead atoms. The molecule has 0 spiro atoms. The summed E-state index contributed by atoms with van der Waals surface area (Å²) < 4.78 is 38.9. The predicted octanol–water partition coefficient (Wildman–Crippen LogP) is 5.21. The van der Waals surface area contributed by atoms with Gasteiger partial charge in [0.25, 0.3) is 0 Å². The number of hydrogen-bond acceptors (Lipinski definition) is 1. The minimum Gasteiger partial charge on any atom is -0.384 e. The largest absolute Gasteiger partial charge is 0.418 e. The highest BCUT2D eigenvalue weighted by atomic mass is 35.5. The van der Waals surface area contributed by atoms with Crippen LogP contribution in [0.1, 0.15) is 31.2 Å². The number of rotatable bonds is 3. The molecule has 3 atom stereocenters. The number of alkyl halides is 3. The third-order valence-electron chi connectivity index (χ3n) is 4.73. The zero-order chi connectivity index (χ0) is 14.3. The summed E-state index contributed by atoms with van der Waals surface area (Å²) in [5.41, 5.74) is -0.530. The average molecular weight is 304 g/mol. The molecule has 0 aromatic heterocycles. The molecule has 1 aromatic rings. The van der Waals surface area contributed by atoms with E-state index in [0.717, 1.165) is 18.4 Å². The number of fused-ring (bicyclic) bond motifs is 2. The summed E-state index contributed by atoms with van der Waals surface area (Å²) in [6.45, 7) is 0.631. The van der Waals surface area contributed by atoms with E-state index in [1.807, 2.05) is 0 Å². The van der Waals surface area contributed by atoms with Gasteiger partial charge in [-0.25, -0.2) is 0 Å². The van der Waals surface area contributed by atoms with Gasteiger partial charge in [0.1, 0.15) is 0 Å². The predicted molar refractivity (Wildman–Crippen MR) is 73.9 cm³/mol. The SMILES string of the molecule is FC(F)(F)c1cc(Cl)ccc1NCC1CC2CCC1C2. The highest BCUT2D eigenvalue weighted by Gasteiger charge is 2.39. The van der Waals surface area contributed by atoms with E-state index in [4.69, 9.17) is 11.6 Å². The Morgan fingerprint density at radius 2 is 2.00 bits per heavy atom. The Labute approximate surface area is 121 Å². The van der Waals surface area contributed by atoms with Crippen LogP contribution in [0, 0.1) is 17.8 Å². The second-order valence-corrected chi connectivity index (χ2v) is 6.44. The van der Waals surface area contributed by atoms with Gasteiger partial charge in [0.2, 0.25) is 0 Å².